The average Bonchev–Trinajstić information content (AvgIpc) is 1.82. The van der Waals surface area contributed by atoms with Crippen LogP contribution < -0.4 is 0 Å². The molecule has 0 aromatic heterocycles. The predicted molar refractivity (Wildman–Crippen MR) is 66.3 cm³/mol. The maximum atomic E-state index is 6.25. The monoisotopic (exact) mass is 256 g/mol. The van der Waals surface area contributed by atoms with Crippen molar-refractivity contribution in [3.05, 3.63) is 12.0 Å². The SMILES string of the molecule is C[SiH](C)OC=C[Si](Cl)(Cl)C(C)(C)C. The van der Waals surface area contributed by atoms with Crippen LogP contribution in [-0.4, -0.2) is 15.7 Å². The van der Waals surface area contributed by atoms with Gasteiger partial charge in [-0.05, 0) is 23.8 Å². The van der Waals surface area contributed by atoms with Gasteiger partial charge in [0.2, 0.25) is 9.04 Å². The molecular weight excluding hydrogens is 239 g/mol. The number of hydrogen-bond acceptors (Lipinski definition) is 1. The van der Waals surface area contributed by atoms with Crippen molar-refractivity contribution >= 4 is 37.9 Å². The zero-order valence-corrected chi connectivity index (χ0v) is 12.6. The van der Waals surface area contributed by atoms with E-state index in [1.165, 1.54) is 0 Å². The molecule has 0 aromatic rings. The van der Waals surface area contributed by atoms with E-state index in [0.717, 1.165) is 0 Å². The first-order chi connectivity index (χ1) is 5.67. The summed E-state index contributed by atoms with van der Waals surface area (Å²) in [6, 6.07) is 0. The number of halogens is 2. The fraction of sp³-hybridized carbons (Fsp3) is 0.750. The van der Waals surface area contributed by atoms with Gasteiger partial charge in [-0.3, -0.25) is 0 Å². The van der Waals surface area contributed by atoms with Crippen LogP contribution in [-0.2, 0) is 4.43 Å². The predicted octanol–water partition coefficient (Wildman–Crippen LogP) is 3.76. The van der Waals surface area contributed by atoms with Crippen molar-refractivity contribution in [3.63, 3.8) is 0 Å². The highest BCUT2D eigenvalue weighted by atomic mass is 35.7. The van der Waals surface area contributed by atoms with E-state index in [9.17, 15) is 0 Å². The van der Waals surface area contributed by atoms with Crippen molar-refractivity contribution in [3.8, 4) is 0 Å². The summed E-state index contributed by atoms with van der Waals surface area (Å²) in [7, 11) is -0.996. The second-order valence-corrected chi connectivity index (χ2v) is 14.0. The molecule has 0 saturated heterocycles. The molecule has 0 aliphatic carbocycles. The Morgan fingerprint density at radius 1 is 1.23 bits per heavy atom. The average molecular weight is 257 g/mol. The van der Waals surface area contributed by atoms with Crippen LogP contribution in [0.3, 0.4) is 0 Å². The Balaban J connectivity index is 4.25. The molecule has 13 heavy (non-hydrogen) atoms. The zero-order valence-electron chi connectivity index (χ0n) is 8.90. The summed E-state index contributed by atoms with van der Waals surface area (Å²) in [5, 5.41) is -0.0471. The molecule has 0 rings (SSSR count). The lowest BCUT2D eigenvalue weighted by atomic mass is 10.3. The Hall–Kier alpha value is 0.554. The highest BCUT2D eigenvalue weighted by Gasteiger charge is 2.39. The van der Waals surface area contributed by atoms with Crippen LogP contribution in [0.1, 0.15) is 20.8 Å². The van der Waals surface area contributed by atoms with Gasteiger partial charge in [-0.15, -0.1) is 22.2 Å². The minimum Gasteiger partial charge on any atom is -0.553 e. The van der Waals surface area contributed by atoms with Gasteiger partial charge in [0.15, 0.2) is 0 Å². The molecule has 0 aliphatic heterocycles. The van der Waals surface area contributed by atoms with E-state index >= 15 is 0 Å². The van der Waals surface area contributed by atoms with Gasteiger partial charge in [-0.2, -0.15) is 0 Å². The first-order valence-electron chi connectivity index (χ1n) is 4.38. The highest BCUT2D eigenvalue weighted by molar-refractivity contribution is 7.48. The van der Waals surface area contributed by atoms with E-state index in [2.05, 4.69) is 33.9 Å². The van der Waals surface area contributed by atoms with Crippen molar-refractivity contribution in [1.29, 1.82) is 0 Å². The highest BCUT2D eigenvalue weighted by Crippen LogP contribution is 2.42. The molecule has 0 amide bonds. The molecule has 0 saturated carbocycles. The van der Waals surface area contributed by atoms with Crippen LogP contribution in [0, 0.1) is 0 Å². The Labute approximate surface area is 93.2 Å². The summed E-state index contributed by atoms with van der Waals surface area (Å²) < 4.78 is 5.40. The zero-order chi connectivity index (χ0) is 10.7. The summed E-state index contributed by atoms with van der Waals surface area (Å²) >= 11 is 12.5. The largest absolute Gasteiger partial charge is 0.553 e. The fourth-order valence-electron chi connectivity index (χ4n) is 0.532. The fourth-order valence-corrected chi connectivity index (χ4v) is 2.14. The molecular formula is C8H18Cl2OSi2. The van der Waals surface area contributed by atoms with Gasteiger partial charge >= 0.3 is 0 Å². The van der Waals surface area contributed by atoms with Gasteiger partial charge in [0.25, 0.3) is 6.69 Å². The van der Waals surface area contributed by atoms with Crippen molar-refractivity contribution in [2.75, 3.05) is 0 Å². The second kappa shape index (κ2) is 4.87. The van der Waals surface area contributed by atoms with Crippen molar-refractivity contribution in [1.82, 2.24) is 0 Å². The Kier molecular flexibility index (Phi) is 5.08. The van der Waals surface area contributed by atoms with Gasteiger partial charge in [-0.1, -0.05) is 20.8 Å². The Morgan fingerprint density at radius 2 is 1.69 bits per heavy atom. The molecule has 78 valence electrons. The molecule has 0 spiro atoms. The van der Waals surface area contributed by atoms with Crippen LogP contribution in [0.5, 0.6) is 0 Å². The lowest BCUT2D eigenvalue weighted by molar-refractivity contribution is 0.502. The minimum atomic E-state index is -2.31. The molecule has 0 radical (unpaired) electrons. The standard InChI is InChI=1S/C8H18Cl2OSi2/c1-8(2,3)13(9,10)7-6-11-12(4)5/h6-7,12H,1-5H3. The van der Waals surface area contributed by atoms with E-state index in [1.807, 2.05) is 5.70 Å². The molecule has 0 heterocycles. The van der Waals surface area contributed by atoms with Crippen molar-refractivity contribution in [2.24, 2.45) is 0 Å². The third-order valence-electron chi connectivity index (χ3n) is 1.63. The summed E-state index contributed by atoms with van der Waals surface area (Å²) in [5.74, 6) is 0. The van der Waals surface area contributed by atoms with Gasteiger partial charge in [0.1, 0.15) is 0 Å². The summed E-state index contributed by atoms with van der Waals surface area (Å²) in [6.45, 7) is 8.05. The van der Waals surface area contributed by atoms with E-state index < -0.39 is 15.7 Å². The Morgan fingerprint density at radius 3 is 2.00 bits per heavy atom. The maximum absolute atomic E-state index is 6.25. The first-order valence-corrected chi connectivity index (χ1v) is 11.3. The molecule has 0 aromatic carbocycles. The molecule has 5 heteroatoms. The van der Waals surface area contributed by atoms with E-state index in [1.54, 1.807) is 6.26 Å². The lowest BCUT2D eigenvalue weighted by Crippen LogP contribution is -2.29. The first kappa shape index (κ1) is 13.6. The maximum Gasteiger partial charge on any atom is 0.281 e. The summed E-state index contributed by atoms with van der Waals surface area (Å²) in [5.41, 5.74) is 1.85. The van der Waals surface area contributed by atoms with Gasteiger partial charge < -0.3 is 4.43 Å². The van der Waals surface area contributed by atoms with Crippen LogP contribution in [0.25, 0.3) is 0 Å². The van der Waals surface area contributed by atoms with Crippen molar-refractivity contribution < 1.29 is 4.43 Å². The Bertz CT molecular complexity index is 185. The quantitative estimate of drug-likeness (QED) is 0.425. The van der Waals surface area contributed by atoms with Gasteiger partial charge in [-0.25, -0.2) is 0 Å². The molecule has 0 aliphatic rings. The smallest absolute Gasteiger partial charge is 0.281 e. The molecule has 1 nitrogen and oxygen atoms in total. The molecule has 0 fully saturated rings. The third kappa shape index (κ3) is 5.10. The summed E-state index contributed by atoms with van der Waals surface area (Å²) in [6.07, 6.45) is 1.69. The normalized spacial score (nSPS) is 14.2. The lowest BCUT2D eigenvalue weighted by Gasteiger charge is -2.28. The van der Waals surface area contributed by atoms with Crippen LogP contribution in [0.2, 0.25) is 18.1 Å². The molecule has 0 atom stereocenters. The van der Waals surface area contributed by atoms with E-state index in [0.29, 0.717) is 0 Å². The molecule has 0 unspecified atom stereocenters. The van der Waals surface area contributed by atoms with Crippen LogP contribution >= 0.6 is 22.2 Å². The van der Waals surface area contributed by atoms with E-state index in [4.69, 9.17) is 26.6 Å². The third-order valence-corrected chi connectivity index (χ3v) is 9.04. The van der Waals surface area contributed by atoms with Crippen molar-refractivity contribution in [2.45, 2.75) is 38.9 Å². The topological polar surface area (TPSA) is 9.23 Å². The van der Waals surface area contributed by atoms with Crippen LogP contribution in [0.4, 0.5) is 0 Å². The van der Waals surface area contributed by atoms with Gasteiger partial charge in [0, 0.05) is 0 Å². The van der Waals surface area contributed by atoms with E-state index in [-0.39, 0.29) is 5.04 Å². The summed E-state index contributed by atoms with van der Waals surface area (Å²) in [4.78, 5) is 0. The molecule has 0 N–H and O–H groups in total. The molecule has 0 bridgehead atoms. The second-order valence-electron chi connectivity index (χ2n) is 4.36. The minimum absolute atomic E-state index is 0.0471. The number of hydrogen-bond donors (Lipinski definition) is 0. The number of rotatable bonds is 3. The van der Waals surface area contributed by atoms with Crippen LogP contribution in [0.15, 0.2) is 12.0 Å². The van der Waals surface area contributed by atoms with Gasteiger partial charge in [0.05, 0.1) is 6.26 Å².